The number of carbonyl (C=O) groups excluding carboxylic acids is 2. The molecule has 6 nitrogen and oxygen atoms in total. The van der Waals surface area contributed by atoms with Gasteiger partial charge in [-0.15, -0.1) is 0 Å². The van der Waals surface area contributed by atoms with Crippen LogP contribution in [0.3, 0.4) is 0 Å². The molecule has 0 aromatic rings. The van der Waals surface area contributed by atoms with Crippen LogP contribution in [0.1, 0.15) is 40.5 Å². The molecule has 6 heteroatoms. The number of fused-ring (bicyclic) bond motifs is 1. The molecule has 2 N–H and O–H groups in total. The van der Waals surface area contributed by atoms with Crippen molar-refractivity contribution in [2.45, 2.75) is 46.1 Å². The molecule has 2 rings (SSSR count). The Balaban J connectivity index is 1.98. The second kappa shape index (κ2) is 5.09. The molecule has 118 valence electrons. The van der Waals surface area contributed by atoms with Crippen molar-refractivity contribution in [1.82, 2.24) is 10.2 Å². The topological polar surface area (TPSA) is 86.7 Å². The first-order chi connectivity index (χ1) is 9.66. The van der Waals surface area contributed by atoms with Gasteiger partial charge in [0, 0.05) is 6.54 Å². The Morgan fingerprint density at radius 2 is 1.86 bits per heavy atom. The van der Waals surface area contributed by atoms with E-state index in [-0.39, 0.29) is 42.0 Å². The largest absolute Gasteiger partial charge is 0.480 e. The lowest BCUT2D eigenvalue weighted by molar-refractivity contribution is -0.148. The number of piperidine rings is 1. The third-order valence-electron chi connectivity index (χ3n) is 4.96. The fourth-order valence-corrected chi connectivity index (χ4v) is 3.23. The highest BCUT2D eigenvalue weighted by Gasteiger charge is 2.72. The average Bonchev–Trinajstić information content (AvgIpc) is 2.86. The molecule has 1 saturated heterocycles. The summed E-state index contributed by atoms with van der Waals surface area (Å²) < 4.78 is 0. The van der Waals surface area contributed by atoms with E-state index in [4.69, 9.17) is 0 Å². The van der Waals surface area contributed by atoms with E-state index in [0.717, 1.165) is 6.42 Å². The number of amides is 2. The lowest BCUT2D eigenvalue weighted by atomic mass is 9.97. The molecule has 0 aromatic carbocycles. The van der Waals surface area contributed by atoms with Gasteiger partial charge in [-0.25, -0.2) is 0 Å². The summed E-state index contributed by atoms with van der Waals surface area (Å²) in [4.78, 5) is 37.1. The van der Waals surface area contributed by atoms with Crippen molar-refractivity contribution in [3.63, 3.8) is 0 Å². The van der Waals surface area contributed by atoms with Crippen LogP contribution < -0.4 is 5.32 Å². The maximum Gasteiger partial charge on any atom is 0.323 e. The van der Waals surface area contributed by atoms with Gasteiger partial charge in [-0.05, 0) is 31.7 Å². The number of hydrogen-bond acceptors (Lipinski definition) is 4. The molecule has 21 heavy (non-hydrogen) atoms. The van der Waals surface area contributed by atoms with Gasteiger partial charge in [0.1, 0.15) is 5.54 Å². The fourth-order valence-electron chi connectivity index (χ4n) is 3.23. The van der Waals surface area contributed by atoms with Crippen molar-refractivity contribution in [2.24, 2.45) is 17.3 Å². The van der Waals surface area contributed by atoms with E-state index in [0.29, 0.717) is 6.54 Å². The molecule has 3 unspecified atom stereocenters. The van der Waals surface area contributed by atoms with E-state index in [1.165, 1.54) is 4.90 Å². The van der Waals surface area contributed by atoms with Gasteiger partial charge in [0.2, 0.25) is 11.8 Å². The number of carboxylic acids is 1. The Morgan fingerprint density at radius 1 is 1.33 bits per heavy atom. The van der Waals surface area contributed by atoms with Crippen LogP contribution in [0.4, 0.5) is 0 Å². The van der Waals surface area contributed by atoms with E-state index in [2.05, 4.69) is 5.32 Å². The van der Waals surface area contributed by atoms with Crippen LogP contribution in [0.25, 0.3) is 0 Å². The van der Waals surface area contributed by atoms with Crippen LogP contribution in [0.15, 0.2) is 0 Å². The maximum atomic E-state index is 12.2. The summed E-state index contributed by atoms with van der Waals surface area (Å²) in [6.45, 7) is 8.17. The Labute approximate surface area is 124 Å². The number of imide groups is 1. The summed E-state index contributed by atoms with van der Waals surface area (Å²) in [6, 6.07) is 0. The second-order valence-electron chi connectivity index (χ2n) is 6.92. The van der Waals surface area contributed by atoms with E-state index >= 15 is 0 Å². The summed E-state index contributed by atoms with van der Waals surface area (Å²) in [7, 11) is 0. The predicted octanol–water partition coefficient (Wildman–Crippen LogP) is 0.860. The first-order valence-electron chi connectivity index (χ1n) is 7.50. The second-order valence-corrected chi connectivity index (χ2v) is 6.92. The number of hydrogen-bond donors (Lipinski definition) is 2. The number of carboxylic acid groups (broad SMARTS) is 1. The van der Waals surface area contributed by atoms with Gasteiger partial charge in [0.15, 0.2) is 0 Å². The highest BCUT2D eigenvalue weighted by Crippen LogP contribution is 2.63. The van der Waals surface area contributed by atoms with E-state index in [1.807, 2.05) is 20.8 Å². The van der Waals surface area contributed by atoms with Gasteiger partial charge in [0.05, 0.1) is 11.8 Å². The molecule has 0 bridgehead atoms. The van der Waals surface area contributed by atoms with Gasteiger partial charge >= 0.3 is 5.97 Å². The summed E-state index contributed by atoms with van der Waals surface area (Å²) in [5.41, 5.74) is -1.33. The number of nitrogens with one attached hydrogen (secondary N) is 1. The molecule has 1 aliphatic carbocycles. The Morgan fingerprint density at radius 3 is 2.29 bits per heavy atom. The lowest BCUT2D eigenvalue weighted by Gasteiger charge is -2.29. The highest BCUT2D eigenvalue weighted by atomic mass is 16.4. The van der Waals surface area contributed by atoms with E-state index < -0.39 is 11.5 Å². The van der Waals surface area contributed by atoms with Crippen LogP contribution >= 0.6 is 0 Å². The zero-order valence-corrected chi connectivity index (χ0v) is 13.1. The van der Waals surface area contributed by atoms with Crippen molar-refractivity contribution in [3.8, 4) is 0 Å². The van der Waals surface area contributed by atoms with Gasteiger partial charge in [-0.1, -0.05) is 20.8 Å². The first-order valence-corrected chi connectivity index (χ1v) is 7.50. The van der Waals surface area contributed by atoms with Crippen LogP contribution in [0, 0.1) is 17.3 Å². The molecule has 3 atom stereocenters. The predicted molar refractivity (Wildman–Crippen MR) is 76.4 cm³/mol. The Hall–Kier alpha value is -1.43. The number of likely N-dealkylation sites (tertiary alicyclic amines) is 1. The number of carbonyl (C=O) groups is 3. The first kappa shape index (κ1) is 15.9. The molecule has 2 fully saturated rings. The standard InChI is InChI=1S/C15H24N2O4/c1-5-7-16-15(4,13(20)21)6-8-17-11(18)9-10(12(17)19)14(9,2)3/h9-10,16H,5-8H2,1-4H3,(H,20,21). The molecule has 0 radical (unpaired) electrons. The lowest BCUT2D eigenvalue weighted by Crippen LogP contribution is -2.52. The summed E-state index contributed by atoms with van der Waals surface area (Å²) in [6.07, 6.45) is 1.04. The molecular weight excluding hydrogens is 272 g/mol. The van der Waals surface area contributed by atoms with Crippen LogP contribution in [-0.4, -0.2) is 46.4 Å². The maximum absolute atomic E-state index is 12.2. The third-order valence-corrected chi connectivity index (χ3v) is 4.96. The quantitative estimate of drug-likeness (QED) is 0.680. The van der Waals surface area contributed by atoms with Crippen molar-refractivity contribution in [2.75, 3.05) is 13.1 Å². The molecule has 1 heterocycles. The number of nitrogens with zero attached hydrogens (tertiary/aromatic N) is 1. The van der Waals surface area contributed by atoms with Crippen molar-refractivity contribution in [3.05, 3.63) is 0 Å². The molecule has 0 aromatic heterocycles. The molecule has 1 saturated carbocycles. The minimum absolute atomic E-state index is 0.141. The van der Waals surface area contributed by atoms with Gasteiger partial charge in [-0.2, -0.15) is 0 Å². The van der Waals surface area contributed by atoms with E-state index in [9.17, 15) is 19.5 Å². The van der Waals surface area contributed by atoms with Crippen LogP contribution in [0.2, 0.25) is 0 Å². The SMILES string of the molecule is CCCNC(C)(CCN1C(=O)C2C(C1=O)C2(C)C)C(=O)O. The molecule has 2 aliphatic rings. The van der Waals surface area contributed by atoms with Gasteiger partial charge < -0.3 is 10.4 Å². The molecule has 2 amide bonds. The summed E-state index contributed by atoms with van der Waals surface area (Å²) in [5.74, 6) is -1.65. The van der Waals surface area contributed by atoms with Crippen LogP contribution in [0.5, 0.6) is 0 Å². The van der Waals surface area contributed by atoms with Gasteiger partial charge in [-0.3, -0.25) is 19.3 Å². The normalized spacial score (nSPS) is 29.2. The Kier molecular flexibility index (Phi) is 3.86. The highest BCUT2D eigenvalue weighted by molar-refractivity contribution is 6.10. The van der Waals surface area contributed by atoms with Crippen LogP contribution in [-0.2, 0) is 14.4 Å². The summed E-state index contributed by atoms with van der Waals surface area (Å²) in [5, 5.41) is 12.3. The van der Waals surface area contributed by atoms with Crippen molar-refractivity contribution < 1.29 is 19.5 Å². The van der Waals surface area contributed by atoms with E-state index in [1.54, 1.807) is 6.92 Å². The number of rotatable bonds is 7. The fraction of sp³-hybridized carbons (Fsp3) is 0.800. The monoisotopic (exact) mass is 296 g/mol. The average molecular weight is 296 g/mol. The molecule has 1 aliphatic heterocycles. The zero-order valence-electron chi connectivity index (χ0n) is 13.1. The number of aliphatic carboxylic acids is 1. The van der Waals surface area contributed by atoms with Crippen molar-refractivity contribution in [1.29, 1.82) is 0 Å². The minimum Gasteiger partial charge on any atom is -0.480 e. The zero-order chi connectivity index (χ0) is 16.0. The summed E-state index contributed by atoms with van der Waals surface area (Å²) >= 11 is 0. The molecule has 0 spiro atoms. The smallest absolute Gasteiger partial charge is 0.323 e. The third kappa shape index (κ3) is 2.46. The Bertz CT molecular complexity index is 464. The molecular formula is C15H24N2O4. The minimum atomic E-state index is -1.11. The van der Waals surface area contributed by atoms with Crippen molar-refractivity contribution >= 4 is 17.8 Å². The van der Waals surface area contributed by atoms with Gasteiger partial charge in [0.25, 0.3) is 0 Å².